The van der Waals surface area contributed by atoms with Gasteiger partial charge in [-0.15, -0.1) is 0 Å². The molecule has 0 saturated carbocycles. The van der Waals surface area contributed by atoms with Gasteiger partial charge >= 0.3 is 0 Å². The molecule has 1 N–H and O–H groups in total. The van der Waals surface area contributed by atoms with Gasteiger partial charge in [-0.25, -0.2) is 4.39 Å². The minimum absolute atomic E-state index is 0.188. The number of methoxy groups -OCH3 is 1. The largest absolute Gasteiger partial charge is 0.497 e. The zero-order valence-electron chi connectivity index (χ0n) is 11.5. The zero-order chi connectivity index (χ0) is 14.5. The predicted octanol–water partition coefficient (Wildman–Crippen LogP) is 4.45. The Hall–Kier alpha value is -1.39. The number of nitrogens with one attached hydrogen (secondary N) is 1. The van der Waals surface area contributed by atoms with Crippen molar-refractivity contribution in [3.05, 3.63) is 63.9 Å². The lowest BCUT2D eigenvalue weighted by Crippen LogP contribution is -2.18. The van der Waals surface area contributed by atoms with Gasteiger partial charge in [-0.3, -0.25) is 0 Å². The summed E-state index contributed by atoms with van der Waals surface area (Å²) in [6, 6.07) is 13.3. The summed E-state index contributed by atoms with van der Waals surface area (Å²) in [6.45, 7) is 2.70. The highest BCUT2D eigenvalue weighted by Crippen LogP contribution is 2.19. The molecule has 2 aromatic rings. The Morgan fingerprint density at radius 2 is 1.90 bits per heavy atom. The van der Waals surface area contributed by atoms with Crippen LogP contribution in [0, 0.1) is 5.82 Å². The fraction of sp³-hybridized carbons (Fsp3) is 0.250. The van der Waals surface area contributed by atoms with E-state index in [2.05, 4.69) is 28.2 Å². The standard InChI is InChI=1S/C16H17BrFNO/c1-11(13-4-6-14(20-2)7-5-13)19-10-12-3-8-15(17)16(18)9-12/h3-9,11,19H,10H2,1-2H3/t11-/m0/s1. The first-order valence-electron chi connectivity index (χ1n) is 6.41. The Morgan fingerprint density at radius 3 is 2.50 bits per heavy atom. The molecule has 2 rings (SSSR count). The molecule has 0 aliphatic heterocycles. The lowest BCUT2D eigenvalue weighted by atomic mass is 10.1. The topological polar surface area (TPSA) is 21.3 Å². The maximum absolute atomic E-state index is 13.4. The van der Waals surface area contributed by atoms with Gasteiger partial charge in [-0.05, 0) is 58.2 Å². The van der Waals surface area contributed by atoms with Gasteiger partial charge in [0.05, 0.1) is 11.6 Å². The lowest BCUT2D eigenvalue weighted by Gasteiger charge is -2.15. The van der Waals surface area contributed by atoms with Crippen LogP contribution in [0.25, 0.3) is 0 Å². The molecule has 2 aromatic carbocycles. The lowest BCUT2D eigenvalue weighted by molar-refractivity contribution is 0.414. The highest BCUT2D eigenvalue weighted by molar-refractivity contribution is 9.10. The monoisotopic (exact) mass is 337 g/mol. The highest BCUT2D eigenvalue weighted by atomic mass is 79.9. The summed E-state index contributed by atoms with van der Waals surface area (Å²) in [5.41, 5.74) is 2.09. The molecule has 0 fully saturated rings. The van der Waals surface area contributed by atoms with Crippen LogP contribution in [-0.2, 0) is 6.54 Å². The number of rotatable bonds is 5. The first-order chi connectivity index (χ1) is 9.60. The summed E-state index contributed by atoms with van der Waals surface area (Å²) >= 11 is 3.15. The van der Waals surface area contributed by atoms with Crippen LogP contribution in [0.5, 0.6) is 5.75 Å². The summed E-state index contributed by atoms with van der Waals surface area (Å²) in [5, 5.41) is 3.38. The van der Waals surface area contributed by atoms with Crippen LogP contribution in [0.2, 0.25) is 0 Å². The van der Waals surface area contributed by atoms with E-state index in [1.807, 2.05) is 30.3 Å². The fourth-order valence-electron chi connectivity index (χ4n) is 1.93. The Labute approximate surface area is 127 Å². The van der Waals surface area contributed by atoms with Crippen molar-refractivity contribution >= 4 is 15.9 Å². The van der Waals surface area contributed by atoms with Gasteiger partial charge in [0, 0.05) is 12.6 Å². The summed E-state index contributed by atoms with van der Waals surface area (Å²) in [4.78, 5) is 0. The number of hydrogen-bond donors (Lipinski definition) is 1. The summed E-state index contributed by atoms with van der Waals surface area (Å²) in [6.07, 6.45) is 0. The average molecular weight is 338 g/mol. The van der Waals surface area contributed by atoms with Gasteiger partial charge in [0.25, 0.3) is 0 Å². The van der Waals surface area contributed by atoms with Crippen molar-refractivity contribution in [3.63, 3.8) is 0 Å². The van der Waals surface area contributed by atoms with E-state index >= 15 is 0 Å². The van der Waals surface area contributed by atoms with Gasteiger partial charge in [0.1, 0.15) is 11.6 Å². The second-order valence-corrected chi connectivity index (χ2v) is 5.48. The van der Waals surface area contributed by atoms with Crippen molar-refractivity contribution in [1.82, 2.24) is 5.32 Å². The summed E-state index contributed by atoms with van der Waals surface area (Å²) in [7, 11) is 1.65. The van der Waals surface area contributed by atoms with Crippen molar-refractivity contribution in [1.29, 1.82) is 0 Å². The van der Waals surface area contributed by atoms with Gasteiger partial charge in [-0.1, -0.05) is 18.2 Å². The van der Waals surface area contributed by atoms with Gasteiger partial charge in [-0.2, -0.15) is 0 Å². The SMILES string of the molecule is COc1ccc([C@H](C)NCc2ccc(Br)c(F)c2)cc1. The molecule has 2 nitrogen and oxygen atoms in total. The van der Waals surface area contributed by atoms with Crippen LogP contribution in [0.4, 0.5) is 4.39 Å². The van der Waals surface area contributed by atoms with E-state index in [1.54, 1.807) is 13.2 Å². The molecule has 1 atom stereocenters. The average Bonchev–Trinajstić information content (AvgIpc) is 2.48. The van der Waals surface area contributed by atoms with Crippen LogP contribution in [0.15, 0.2) is 46.9 Å². The first-order valence-corrected chi connectivity index (χ1v) is 7.20. The van der Waals surface area contributed by atoms with Crippen molar-refractivity contribution in [3.8, 4) is 5.75 Å². The Morgan fingerprint density at radius 1 is 1.20 bits per heavy atom. The van der Waals surface area contributed by atoms with Gasteiger partial charge < -0.3 is 10.1 Å². The normalized spacial score (nSPS) is 12.2. The number of ether oxygens (including phenoxy) is 1. The fourth-order valence-corrected chi connectivity index (χ4v) is 2.18. The quantitative estimate of drug-likeness (QED) is 0.870. The molecular formula is C16H17BrFNO. The number of hydrogen-bond acceptors (Lipinski definition) is 2. The van der Waals surface area contributed by atoms with Crippen LogP contribution < -0.4 is 10.1 Å². The molecule has 0 spiro atoms. The van der Waals surface area contributed by atoms with Crippen molar-refractivity contribution in [2.75, 3.05) is 7.11 Å². The van der Waals surface area contributed by atoms with E-state index in [4.69, 9.17) is 4.74 Å². The first kappa shape index (κ1) is 15.0. The van der Waals surface area contributed by atoms with Crippen LogP contribution in [0.3, 0.4) is 0 Å². The summed E-state index contributed by atoms with van der Waals surface area (Å²) in [5.74, 6) is 0.609. The molecular weight excluding hydrogens is 321 g/mol. The minimum atomic E-state index is -0.235. The van der Waals surface area contributed by atoms with Crippen LogP contribution >= 0.6 is 15.9 Å². The third kappa shape index (κ3) is 3.81. The van der Waals surface area contributed by atoms with Crippen molar-refractivity contribution < 1.29 is 9.13 Å². The Kier molecular flexibility index (Phi) is 5.15. The van der Waals surface area contributed by atoms with E-state index in [0.717, 1.165) is 11.3 Å². The van der Waals surface area contributed by atoms with E-state index in [0.29, 0.717) is 11.0 Å². The molecule has 20 heavy (non-hydrogen) atoms. The van der Waals surface area contributed by atoms with Crippen molar-refractivity contribution in [2.45, 2.75) is 19.5 Å². The molecule has 0 saturated heterocycles. The number of halogens is 2. The molecule has 106 valence electrons. The second-order valence-electron chi connectivity index (χ2n) is 4.62. The van der Waals surface area contributed by atoms with Gasteiger partial charge in [0.15, 0.2) is 0 Å². The maximum atomic E-state index is 13.4. The Balaban J connectivity index is 1.96. The summed E-state index contributed by atoms with van der Waals surface area (Å²) < 4.78 is 19.0. The molecule has 0 radical (unpaired) electrons. The smallest absolute Gasteiger partial charge is 0.137 e. The minimum Gasteiger partial charge on any atom is -0.497 e. The Bertz CT molecular complexity index is 571. The van der Waals surface area contributed by atoms with Crippen LogP contribution in [-0.4, -0.2) is 7.11 Å². The molecule has 0 unspecified atom stereocenters. The predicted molar refractivity (Wildman–Crippen MR) is 82.3 cm³/mol. The van der Waals surface area contributed by atoms with Crippen molar-refractivity contribution in [2.24, 2.45) is 0 Å². The molecule has 4 heteroatoms. The number of benzene rings is 2. The van der Waals surface area contributed by atoms with Crippen LogP contribution in [0.1, 0.15) is 24.1 Å². The molecule has 0 heterocycles. The molecule has 0 aromatic heterocycles. The molecule has 0 aliphatic rings. The molecule has 0 aliphatic carbocycles. The zero-order valence-corrected chi connectivity index (χ0v) is 13.1. The van der Waals surface area contributed by atoms with Gasteiger partial charge in [0.2, 0.25) is 0 Å². The second kappa shape index (κ2) is 6.86. The molecule has 0 bridgehead atoms. The molecule has 0 amide bonds. The van der Waals surface area contributed by atoms with E-state index in [9.17, 15) is 4.39 Å². The maximum Gasteiger partial charge on any atom is 0.137 e. The highest BCUT2D eigenvalue weighted by Gasteiger charge is 2.06. The third-order valence-corrected chi connectivity index (χ3v) is 3.86. The van der Waals surface area contributed by atoms with E-state index in [-0.39, 0.29) is 11.9 Å². The van der Waals surface area contributed by atoms with E-state index in [1.165, 1.54) is 11.6 Å². The van der Waals surface area contributed by atoms with E-state index < -0.39 is 0 Å². The third-order valence-electron chi connectivity index (χ3n) is 3.21.